The maximum Gasteiger partial charge on any atom is 0.340 e. The van der Waals surface area contributed by atoms with Gasteiger partial charge < -0.3 is 14.8 Å². The molecule has 178 valence electrons. The van der Waals surface area contributed by atoms with Crippen molar-refractivity contribution in [3.63, 3.8) is 0 Å². The Morgan fingerprint density at radius 1 is 0.941 bits per heavy atom. The molecule has 1 amide bonds. The van der Waals surface area contributed by atoms with Gasteiger partial charge in [-0.1, -0.05) is 12.1 Å². The van der Waals surface area contributed by atoms with Gasteiger partial charge in [0.25, 0.3) is 15.9 Å². The van der Waals surface area contributed by atoms with Gasteiger partial charge in [0.2, 0.25) is 0 Å². The van der Waals surface area contributed by atoms with Crippen molar-refractivity contribution in [3.05, 3.63) is 83.9 Å². The molecule has 0 saturated carbocycles. The monoisotopic (exact) mass is 490 g/mol. The van der Waals surface area contributed by atoms with Crippen molar-refractivity contribution in [1.82, 2.24) is 0 Å². The lowest BCUT2D eigenvalue weighted by Gasteiger charge is -2.13. The van der Waals surface area contributed by atoms with Crippen LogP contribution in [0.3, 0.4) is 0 Å². The number of benzene rings is 3. The highest BCUT2D eigenvalue weighted by Gasteiger charge is 2.20. The van der Waals surface area contributed by atoms with Crippen molar-refractivity contribution in [2.45, 2.75) is 11.8 Å². The van der Waals surface area contributed by atoms with Crippen LogP contribution in [-0.4, -0.2) is 33.5 Å². The Morgan fingerprint density at radius 2 is 1.65 bits per heavy atom. The van der Waals surface area contributed by atoms with Gasteiger partial charge in [0.05, 0.1) is 28.4 Å². The van der Waals surface area contributed by atoms with Crippen LogP contribution in [0.5, 0.6) is 5.75 Å². The molecule has 0 saturated heterocycles. The number of hydrogen-bond acceptors (Lipinski definition) is 6. The zero-order valence-corrected chi connectivity index (χ0v) is 18.7. The Hall–Kier alpha value is -3.99. The Balaban J connectivity index is 1.68. The van der Waals surface area contributed by atoms with Crippen molar-refractivity contribution in [1.29, 1.82) is 0 Å². The van der Waals surface area contributed by atoms with Gasteiger partial charge in [-0.15, -0.1) is 0 Å². The molecule has 0 radical (unpaired) electrons. The Labute approximate surface area is 194 Å². The van der Waals surface area contributed by atoms with E-state index >= 15 is 0 Å². The first-order valence-corrected chi connectivity index (χ1v) is 11.4. The van der Waals surface area contributed by atoms with E-state index in [1.54, 1.807) is 6.92 Å². The number of nitrogens with one attached hydrogen (secondary N) is 2. The minimum atomic E-state index is -4.05. The highest BCUT2D eigenvalue weighted by Crippen LogP contribution is 2.23. The fourth-order valence-electron chi connectivity index (χ4n) is 2.82. The van der Waals surface area contributed by atoms with E-state index in [9.17, 15) is 26.8 Å². The molecule has 0 aliphatic rings. The molecule has 3 rings (SSSR count). The molecular formula is C23H20F2N2O6S. The van der Waals surface area contributed by atoms with E-state index in [1.165, 1.54) is 48.5 Å². The normalized spacial score (nSPS) is 10.9. The molecule has 0 aliphatic carbocycles. The summed E-state index contributed by atoms with van der Waals surface area (Å²) in [6.45, 7) is 1.41. The van der Waals surface area contributed by atoms with E-state index in [-0.39, 0.29) is 16.1 Å². The van der Waals surface area contributed by atoms with Crippen molar-refractivity contribution in [3.8, 4) is 5.75 Å². The smallest absolute Gasteiger partial charge is 0.340 e. The molecule has 8 nitrogen and oxygen atoms in total. The van der Waals surface area contributed by atoms with E-state index in [2.05, 4.69) is 10.0 Å². The number of amides is 1. The average Bonchev–Trinajstić information content (AvgIpc) is 2.80. The first-order chi connectivity index (χ1) is 16.2. The predicted octanol–water partition coefficient (Wildman–Crippen LogP) is 3.96. The summed E-state index contributed by atoms with van der Waals surface area (Å²) in [7, 11) is -4.05. The van der Waals surface area contributed by atoms with Crippen LogP contribution >= 0.6 is 0 Å². The molecule has 0 aromatic heterocycles. The molecule has 0 atom stereocenters. The SMILES string of the molecule is CCOc1ccc(S(=O)(=O)Nc2ccccc2C(=O)OCC(=O)Nc2cc(F)ccc2F)cc1. The molecule has 2 N–H and O–H groups in total. The van der Waals surface area contributed by atoms with Crippen molar-refractivity contribution in [2.75, 3.05) is 23.3 Å². The summed E-state index contributed by atoms with van der Waals surface area (Å²) in [5, 5.41) is 2.09. The van der Waals surface area contributed by atoms with Gasteiger partial charge in [0.15, 0.2) is 6.61 Å². The Bertz CT molecular complexity index is 1300. The van der Waals surface area contributed by atoms with Crippen LogP contribution in [0.4, 0.5) is 20.2 Å². The highest BCUT2D eigenvalue weighted by atomic mass is 32.2. The number of carbonyl (C=O) groups excluding carboxylic acids is 2. The van der Waals surface area contributed by atoms with Crippen LogP contribution in [0.25, 0.3) is 0 Å². The van der Waals surface area contributed by atoms with Crippen LogP contribution < -0.4 is 14.8 Å². The van der Waals surface area contributed by atoms with Crippen LogP contribution in [0, 0.1) is 11.6 Å². The molecule has 0 bridgehead atoms. The van der Waals surface area contributed by atoms with E-state index < -0.39 is 45.8 Å². The van der Waals surface area contributed by atoms with Crippen LogP contribution in [0.1, 0.15) is 17.3 Å². The molecule has 0 aliphatic heterocycles. The van der Waals surface area contributed by atoms with E-state index in [0.29, 0.717) is 12.4 Å². The van der Waals surface area contributed by atoms with Gasteiger partial charge >= 0.3 is 5.97 Å². The summed E-state index contributed by atoms with van der Waals surface area (Å²) in [6, 6.07) is 13.8. The summed E-state index contributed by atoms with van der Waals surface area (Å²) in [6.07, 6.45) is 0. The zero-order chi connectivity index (χ0) is 24.7. The number of esters is 1. The third kappa shape index (κ3) is 6.29. The minimum Gasteiger partial charge on any atom is -0.494 e. The third-order valence-electron chi connectivity index (χ3n) is 4.37. The maximum atomic E-state index is 13.6. The summed E-state index contributed by atoms with van der Waals surface area (Å²) < 4.78 is 64.9. The summed E-state index contributed by atoms with van der Waals surface area (Å²) >= 11 is 0. The van der Waals surface area contributed by atoms with Crippen LogP contribution in [0.15, 0.2) is 71.6 Å². The van der Waals surface area contributed by atoms with Crippen molar-refractivity contribution >= 4 is 33.3 Å². The number of ether oxygens (including phenoxy) is 2. The molecule has 3 aromatic rings. The van der Waals surface area contributed by atoms with Crippen molar-refractivity contribution < 1.29 is 36.3 Å². The van der Waals surface area contributed by atoms with Crippen LogP contribution in [-0.2, 0) is 19.6 Å². The van der Waals surface area contributed by atoms with Crippen LogP contribution in [0.2, 0.25) is 0 Å². The molecule has 11 heteroatoms. The second-order valence-corrected chi connectivity index (χ2v) is 8.49. The summed E-state index contributed by atoms with van der Waals surface area (Å²) in [5.74, 6) is -3.04. The first kappa shape index (κ1) is 24.6. The standard InChI is InChI=1S/C23H20F2N2O6S/c1-2-32-16-8-10-17(11-9-16)34(30,31)27-20-6-4-3-5-18(20)23(29)33-14-22(28)26-21-13-15(24)7-12-19(21)25/h3-13,27H,2,14H2,1H3,(H,26,28). The topological polar surface area (TPSA) is 111 Å². The number of rotatable bonds is 9. The average molecular weight is 490 g/mol. The first-order valence-electron chi connectivity index (χ1n) is 9.96. The third-order valence-corrected chi connectivity index (χ3v) is 5.75. The van der Waals surface area contributed by atoms with Gasteiger partial charge in [0.1, 0.15) is 17.4 Å². The molecule has 0 fully saturated rings. The number of hydrogen-bond donors (Lipinski definition) is 2. The van der Waals surface area contributed by atoms with E-state index in [4.69, 9.17) is 9.47 Å². The predicted molar refractivity (Wildman–Crippen MR) is 120 cm³/mol. The fraction of sp³-hybridized carbons (Fsp3) is 0.130. The zero-order valence-electron chi connectivity index (χ0n) is 17.9. The number of sulfonamides is 1. The molecule has 0 heterocycles. The van der Waals surface area contributed by atoms with E-state index in [0.717, 1.165) is 18.2 Å². The lowest BCUT2D eigenvalue weighted by Crippen LogP contribution is -2.22. The summed E-state index contributed by atoms with van der Waals surface area (Å²) in [5.41, 5.74) is -0.635. The van der Waals surface area contributed by atoms with Gasteiger partial charge in [-0.05, 0) is 55.5 Å². The minimum absolute atomic E-state index is 0.0596. The van der Waals surface area contributed by atoms with Gasteiger partial charge in [-0.2, -0.15) is 0 Å². The Kier molecular flexibility index (Phi) is 7.79. The maximum absolute atomic E-state index is 13.6. The second-order valence-electron chi connectivity index (χ2n) is 6.80. The molecule has 3 aromatic carbocycles. The molecule has 0 unspecified atom stereocenters. The lowest BCUT2D eigenvalue weighted by atomic mass is 10.2. The lowest BCUT2D eigenvalue weighted by molar-refractivity contribution is -0.119. The molecule has 34 heavy (non-hydrogen) atoms. The largest absolute Gasteiger partial charge is 0.494 e. The second kappa shape index (κ2) is 10.8. The molecule has 0 spiro atoms. The van der Waals surface area contributed by atoms with Gasteiger partial charge in [0, 0.05) is 6.07 Å². The number of anilines is 2. The highest BCUT2D eigenvalue weighted by molar-refractivity contribution is 7.92. The van der Waals surface area contributed by atoms with Gasteiger partial charge in [-0.3, -0.25) is 9.52 Å². The van der Waals surface area contributed by atoms with E-state index in [1.807, 2.05) is 0 Å². The Morgan fingerprint density at radius 3 is 2.35 bits per heavy atom. The van der Waals surface area contributed by atoms with Gasteiger partial charge in [-0.25, -0.2) is 22.0 Å². The number of carbonyl (C=O) groups is 2. The number of para-hydroxylation sites is 1. The summed E-state index contributed by atoms with van der Waals surface area (Å²) in [4.78, 5) is 24.4. The number of halogens is 2. The quantitative estimate of drug-likeness (QED) is 0.440. The van der Waals surface area contributed by atoms with Crippen molar-refractivity contribution in [2.24, 2.45) is 0 Å². The molecular weight excluding hydrogens is 470 g/mol. The fourth-order valence-corrected chi connectivity index (χ4v) is 3.90.